The number of hydrogen-bond donors (Lipinski definition) is 0. The Balaban J connectivity index is 2.25. The molecule has 118 valence electrons. The standard InChI is InChI=1S/C19H21N3O/c1-14-7-6-8-15(13-14)18-20-17-10-5-4-9-16(17)19(23)22(18)12-11-21(2)3/h4-10,13H,11-12H2,1-3H3. The van der Waals surface area contributed by atoms with Gasteiger partial charge >= 0.3 is 0 Å². The van der Waals surface area contributed by atoms with Crippen LogP contribution >= 0.6 is 0 Å². The van der Waals surface area contributed by atoms with Crippen molar-refractivity contribution in [1.29, 1.82) is 0 Å². The smallest absolute Gasteiger partial charge is 0.261 e. The van der Waals surface area contributed by atoms with Crippen LogP contribution < -0.4 is 5.56 Å². The van der Waals surface area contributed by atoms with Crippen LogP contribution in [0.2, 0.25) is 0 Å². The Kier molecular flexibility index (Phi) is 4.26. The van der Waals surface area contributed by atoms with Gasteiger partial charge in [0.2, 0.25) is 0 Å². The lowest BCUT2D eigenvalue weighted by Gasteiger charge is -2.16. The largest absolute Gasteiger partial charge is 0.308 e. The summed E-state index contributed by atoms with van der Waals surface area (Å²) in [7, 11) is 4.01. The fraction of sp³-hybridized carbons (Fsp3) is 0.263. The first-order valence-corrected chi connectivity index (χ1v) is 7.77. The zero-order valence-corrected chi connectivity index (χ0v) is 13.8. The van der Waals surface area contributed by atoms with Crippen LogP contribution in [-0.2, 0) is 6.54 Å². The van der Waals surface area contributed by atoms with Crippen molar-refractivity contribution in [1.82, 2.24) is 14.5 Å². The molecule has 0 N–H and O–H groups in total. The van der Waals surface area contributed by atoms with E-state index in [1.54, 1.807) is 4.57 Å². The van der Waals surface area contributed by atoms with Gasteiger partial charge in [-0.2, -0.15) is 0 Å². The predicted octanol–water partition coefficient (Wildman–Crippen LogP) is 2.93. The van der Waals surface area contributed by atoms with E-state index in [9.17, 15) is 4.79 Å². The summed E-state index contributed by atoms with van der Waals surface area (Å²) in [6, 6.07) is 15.7. The van der Waals surface area contributed by atoms with E-state index in [4.69, 9.17) is 4.98 Å². The van der Waals surface area contributed by atoms with Gasteiger partial charge < -0.3 is 4.90 Å². The number of likely N-dealkylation sites (N-methyl/N-ethyl adjacent to an activating group) is 1. The molecule has 0 unspecified atom stereocenters. The van der Waals surface area contributed by atoms with E-state index >= 15 is 0 Å². The van der Waals surface area contributed by atoms with E-state index in [2.05, 4.69) is 11.0 Å². The number of hydrogen-bond acceptors (Lipinski definition) is 3. The van der Waals surface area contributed by atoms with Crippen molar-refractivity contribution in [3.63, 3.8) is 0 Å². The maximum Gasteiger partial charge on any atom is 0.261 e. The van der Waals surface area contributed by atoms with Crippen molar-refractivity contribution in [3.05, 3.63) is 64.4 Å². The SMILES string of the molecule is Cc1cccc(-c2nc3ccccc3c(=O)n2CCN(C)C)c1. The van der Waals surface area contributed by atoms with Gasteiger partial charge in [0, 0.05) is 18.7 Å². The lowest BCUT2D eigenvalue weighted by Crippen LogP contribution is -2.28. The van der Waals surface area contributed by atoms with Crippen LogP contribution in [0.15, 0.2) is 53.3 Å². The van der Waals surface area contributed by atoms with Crippen LogP contribution in [0.4, 0.5) is 0 Å². The van der Waals surface area contributed by atoms with E-state index in [1.165, 1.54) is 0 Å². The molecule has 0 spiro atoms. The van der Waals surface area contributed by atoms with Crippen molar-refractivity contribution >= 4 is 10.9 Å². The Morgan fingerprint density at radius 2 is 1.87 bits per heavy atom. The summed E-state index contributed by atoms with van der Waals surface area (Å²) < 4.78 is 1.79. The number of aryl methyl sites for hydroxylation is 1. The second-order valence-electron chi connectivity index (χ2n) is 6.08. The number of rotatable bonds is 4. The lowest BCUT2D eigenvalue weighted by molar-refractivity contribution is 0.381. The number of nitrogens with zero attached hydrogens (tertiary/aromatic N) is 3. The van der Waals surface area contributed by atoms with Crippen molar-refractivity contribution in [2.75, 3.05) is 20.6 Å². The third-order valence-corrected chi connectivity index (χ3v) is 3.91. The molecule has 0 saturated carbocycles. The monoisotopic (exact) mass is 307 g/mol. The molecule has 0 aliphatic heterocycles. The van der Waals surface area contributed by atoms with Gasteiger partial charge in [-0.25, -0.2) is 4.98 Å². The predicted molar refractivity (Wildman–Crippen MR) is 94.7 cm³/mol. The fourth-order valence-corrected chi connectivity index (χ4v) is 2.68. The summed E-state index contributed by atoms with van der Waals surface area (Å²) in [6.45, 7) is 3.46. The summed E-state index contributed by atoms with van der Waals surface area (Å²) in [5.74, 6) is 0.735. The molecule has 0 radical (unpaired) electrons. The topological polar surface area (TPSA) is 38.1 Å². The fourth-order valence-electron chi connectivity index (χ4n) is 2.68. The molecule has 1 aromatic heterocycles. The maximum atomic E-state index is 12.9. The number of aromatic nitrogens is 2. The minimum absolute atomic E-state index is 0.0222. The van der Waals surface area contributed by atoms with Crippen LogP contribution in [0.3, 0.4) is 0 Å². The van der Waals surface area contributed by atoms with Gasteiger partial charge in [-0.05, 0) is 39.2 Å². The first kappa shape index (κ1) is 15.4. The van der Waals surface area contributed by atoms with E-state index in [-0.39, 0.29) is 5.56 Å². The van der Waals surface area contributed by atoms with Crippen molar-refractivity contribution in [2.24, 2.45) is 0 Å². The van der Waals surface area contributed by atoms with Crippen LogP contribution in [-0.4, -0.2) is 35.1 Å². The summed E-state index contributed by atoms with van der Waals surface area (Å²) in [5, 5.41) is 0.669. The molecule has 0 saturated heterocycles. The zero-order valence-electron chi connectivity index (χ0n) is 13.8. The molecule has 4 heteroatoms. The molecular formula is C19H21N3O. The molecule has 3 aromatic rings. The second-order valence-corrected chi connectivity index (χ2v) is 6.08. The molecule has 3 rings (SSSR count). The number of para-hydroxylation sites is 1. The van der Waals surface area contributed by atoms with Crippen molar-refractivity contribution in [3.8, 4) is 11.4 Å². The zero-order chi connectivity index (χ0) is 16.4. The third-order valence-electron chi connectivity index (χ3n) is 3.91. The lowest BCUT2D eigenvalue weighted by atomic mass is 10.1. The van der Waals surface area contributed by atoms with Gasteiger partial charge in [-0.1, -0.05) is 35.9 Å². The van der Waals surface area contributed by atoms with Gasteiger partial charge in [0.25, 0.3) is 5.56 Å². The van der Waals surface area contributed by atoms with Crippen LogP contribution in [0.25, 0.3) is 22.3 Å². The van der Waals surface area contributed by atoms with Gasteiger partial charge in [-0.3, -0.25) is 9.36 Å². The Morgan fingerprint density at radius 3 is 2.61 bits per heavy atom. The molecule has 4 nitrogen and oxygen atoms in total. The third kappa shape index (κ3) is 3.17. The normalized spacial score (nSPS) is 11.3. The Hall–Kier alpha value is -2.46. The van der Waals surface area contributed by atoms with E-state index in [0.717, 1.165) is 29.0 Å². The molecule has 0 atom stereocenters. The number of fused-ring (bicyclic) bond motifs is 1. The summed E-state index contributed by atoms with van der Waals surface area (Å²) in [5.41, 5.74) is 2.90. The van der Waals surface area contributed by atoms with Crippen molar-refractivity contribution < 1.29 is 0 Å². The molecule has 0 amide bonds. The summed E-state index contributed by atoms with van der Waals surface area (Å²) >= 11 is 0. The first-order chi connectivity index (χ1) is 11.1. The summed E-state index contributed by atoms with van der Waals surface area (Å²) in [6.07, 6.45) is 0. The van der Waals surface area contributed by atoms with E-state index < -0.39 is 0 Å². The molecule has 0 bridgehead atoms. The highest BCUT2D eigenvalue weighted by molar-refractivity contribution is 5.79. The van der Waals surface area contributed by atoms with Gasteiger partial charge in [0.05, 0.1) is 10.9 Å². The highest BCUT2D eigenvalue weighted by Crippen LogP contribution is 2.20. The molecule has 0 aliphatic rings. The van der Waals surface area contributed by atoms with E-state index in [0.29, 0.717) is 11.9 Å². The molecule has 2 aromatic carbocycles. The summed E-state index contributed by atoms with van der Waals surface area (Å²) in [4.78, 5) is 19.8. The first-order valence-electron chi connectivity index (χ1n) is 7.77. The van der Waals surface area contributed by atoms with Crippen LogP contribution in [0, 0.1) is 6.92 Å². The average Bonchev–Trinajstić information content (AvgIpc) is 2.53. The molecule has 0 aliphatic carbocycles. The van der Waals surface area contributed by atoms with Gasteiger partial charge in [0.1, 0.15) is 5.82 Å². The van der Waals surface area contributed by atoms with Gasteiger partial charge in [0.15, 0.2) is 0 Å². The molecule has 0 fully saturated rings. The molecule has 23 heavy (non-hydrogen) atoms. The Morgan fingerprint density at radius 1 is 1.09 bits per heavy atom. The van der Waals surface area contributed by atoms with Crippen LogP contribution in [0.5, 0.6) is 0 Å². The van der Waals surface area contributed by atoms with Crippen molar-refractivity contribution in [2.45, 2.75) is 13.5 Å². The molecule has 1 heterocycles. The highest BCUT2D eigenvalue weighted by Gasteiger charge is 2.12. The minimum Gasteiger partial charge on any atom is -0.308 e. The highest BCUT2D eigenvalue weighted by atomic mass is 16.1. The number of benzene rings is 2. The van der Waals surface area contributed by atoms with Crippen LogP contribution in [0.1, 0.15) is 5.56 Å². The Bertz CT molecular complexity index is 897. The van der Waals surface area contributed by atoms with Gasteiger partial charge in [-0.15, -0.1) is 0 Å². The Labute approximate surface area is 136 Å². The minimum atomic E-state index is 0.0222. The molecular weight excluding hydrogens is 286 g/mol. The maximum absolute atomic E-state index is 12.9. The average molecular weight is 307 g/mol. The van der Waals surface area contributed by atoms with E-state index in [1.807, 2.05) is 63.5 Å². The second kappa shape index (κ2) is 6.34. The quantitative estimate of drug-likeness (QED) is 0.744.